The van der Waals surface area contributed by atoms with Gasteiger partial charge in [0.15, 0.2) is 5.96 Å². The Morgan fingerprint density at radius 3 is 2.60 bits per heavy atom. The van der Waals surface area contributed by atoms with Gasteiger partial charge in [0, 0.05) is 32.1 Å². The van der Waals surface area contributed by atoms with Crippen LogP contribution in [-0.2, 0) is 23.2 Å². The maximum atomic E-state index is 13.6. The highest BCUT2D eigenvalue weighted by atomic mass is 127. The van der Waals surface area contributed by atoms with Gasteiger partial charge in [-0.15, -0.1) is 24.0 Å². The van der Waals surface area contributed by atoms with E-state index < -0.39 is 0 Å². The predicted molar refractivity (Wildman–Crippen MR) is 128 cm³/mol. The van der Waals surface area contributed by atoms with Crippen molar-refractivity contribution >= 4 is 35.8 Å². The van der Waals surface area contributed by atoms with E-state index in [0.717, 1.165) is 31.4 Å². The highest BCUT2D eigenvalue weighted by molar-refractivity contribution is 14.0. The molecule has 1 heterocycles. The van der Waals surface area contributed by atoms with Crippen LogP contribution >= 0.6 is 24.0 Å². The van der Waals surface area contributed by atoms with E-state index in [1.807, 2.05) is 23.1 Å². The quantitative estimate of drug-likeness (QED) is 0.361. The molecule has 0 atom stereocenters. The lowest BCUT2D eigenvalue weighted by molar-refractivity contribution is -0.130. The lowest BCUT2D eigenvalue weighted by Gasteiger charge is -2.29. The zero-order valence-corrected chi connectivity index (χ0v) is 19.5. The molecule has 0 radical (unpaired) electrons. The summed E-state index contributed by atoms with van der Waals surface area (Å²) >= 11 is 0. The van der Waals surface area contributed by atoms with Crippen molar-refractivity contribution in [3.05, 3.63) is 71.0 Å². The zero-order chi connectivity index (χ0) is 20.3. The van der Waals surface area contributed by atoms with Gasteiger partial charge in [-0.2, -0.15) is 0 Å². The van der Waals surface area contributed by atoms with Crippen molar-refractivity contribution in [2.75, 3.05) is 26.7 Å². The highest BCUT2D eigenvalue weighted by Gasteiger charge is 2.44. The molecule has 160 valence electrons. The van der Waals surface area contributed by atoms with E-state index in [9.17, 15) is 9.18 Å². The van der Waals surface area contributed by atoms with Gasteiger partial charge in [-0.25, -0.2) is 4.39 Å². The Labute approximate surface area is 194 Å². The van der Waals surface area contributed by atoms with Gasteiger partial charge in [-0.3, -0.25) is 9.79 Å². The zero-order valence-electron chi connectivity index (χ0n) is 17.2. The first kappa shape index (κ1) is 22.5. The van der Waals surface area contributed by atoms with Crippen LogP contribution in [0.3, 0.4) is 0 Å². The minimum Gasteiger partial charge on any atom is -0.356 e. The van der Waals surface area contributed by atoms with E-state index in [4.69, 9.17) is 0 Å². The van der Waals surface area contributed by atoms with Gasteiger partial charge >= 0.3 is 0 Å². The highest BCUT2D eigenvalue weighted by Crippen LogP contribution is 2.47. The minimum absolute atomic E-state index is 0. The molecule has 0 saturated heterocycles. The molecule has 0 aromatic heterocycles. The first-order chi connectivity index (χ1) is 14.1. The van der Waals surface area contributed by atoms with Crippen LogP contribution in [0, 0.1) is 5.82 Å². The number of hydrogen-bond acceptors (Lipinski definition) is 2. The standard InChI is InChI=1S/C23H27FN4O.HI/c1-25-22(27-16-23(10-11-23)19-7-4-8-20(24)13-19)26-14-21(29)28-12-9-17-5-2-3-6-18(17)15-28;/h2-8,13H,9-12,14-16H2,1H3,(H2,25,26,27);1H. The first-order valence-electron chi connectivity index (χ1n) is 10.1. The molecule has 2 aromatic rings. The largest absolute Gasteiger partial charge is 0.356 e. The molecule has 7 heteroatoms. The second kappa shape index (κ2) is 9.76. The number of aliphatic imine (C=N–C) groups is 1. The normalized spacial score (nSPS) is 16.9. The Kier molecular flexibility index (Phi) is 7.33. The molecule has 1 amide bonds. The summed E-state index contributed by atoms with van der Waals surface area (Å²) in [6, 6.07) is 15.1. The number of nitrogens with one attached hydrogen (secondary N) is 2. The van der Waals surface area contributed by atoms with Gasteiger partial charge in [0.1, 0.15) is 5.82 Å². The molecule has 0 unspecified atom stereocenters. The Morgan fingerprint density at radius 1 is 1.13 bits per heavy atom. The van der Waals surface area contributed by atoms with Crippen molar-refractivity contribution in [3.8, 4) is 0 Å². The fraction of sp³-hybridized carbons (Fsp3) is 0.391. The smallest absolute Gasteiger partial charge is 0.242 e. The third-order valence-corrected chi connectivity index (χ3v) is 6.00. The van der Waals surface area contributed by atoms with E-state index in [-0.39, 0.29) is 47.7 Å². The van der Waals surface area contributed by atoms with Crippen LogP contribution in [0.4, 0.5) is 4.39 Å². The fourth-order valence-corrected chi connectivity index (χ4v) is 3.99. The topological polar surface area (TPSA) is 56.7 Å². The summed E-state index contributed by atoms with van der Waals surface area (Å²) in [7, 11) is 1.69. The van der Waals surface area contributed by atoms with Gasteiger partial charge in [-0.1, -0.05) is 36.4 Å². The molecular weight excluding hydrogens is 494 g/mol. The second-order valence-corrected chi connectivity index (χ2v) is 7.90. The van der Waals surface area contributed by atoms with Crippen molar-refractivity contribution in [1.82, 2.24) is 15.5 Å². The number of halogens is 2. The van der Waals surface area contributed by atoms with Gasteiger partial charge < -0.3 is 15.5 Å². The molecule has 1 aliphatic carbocycles. The molecule has 2 N–H and O–H groups in total. The summed E-state index contributed by atoms with van der Waals surface area (Å²) in [6.45, 7) is 2.27. The summed E-state index contributed by atoms with van der Waals surface area (Å²) in [5.41, 5.74) is 3.53. The minimum atomic E-state index is -0.204. The Hall–Kier alpha value is -2.16. The van der Waals surface area contributed by atoms with Gasteiger partial charge in [0.05, 0.1) is 6.54 Å². The second-order valence-electron chi connectivity index (χ2n) is 7.90. The molecule has 0 bridgehead atoms. The van der Waals surface area contributed by atoms with Crippen molar-refractivity contribution in [1.29, 1.82) is 0 Å². The molecule has 1 saturated carbocycles. The molecule has 1 aliphatic heterocycles. The number of amides is 1. The number of rotatable bonds is 5. The van der Waals surface area contributed by atoms with Crippen molar-refractivity contribution in [2.24, 2.45) is 4.99 Å². The molecule has 5 nitrogen and oxygen atoms in total. The maximum absolute atomic E-state index is 13.6. The van der Waals surface area contributed by atoms with Crippen LogP contribution in [0.2, 0.25) is 0 Å². The SMILES string of the molecule is CN=C(NCC(=O)N1CCc2ccccc2C1)NCC1(c2cccc(F)c2)CC1.I. The monoisotopic (exact) mass is 522 g/mol. The Balaban J connectivity index is 0.00000256. The summed E-state index contributed by atoms with van der Waals surface area (Å²) in [6.07, 6.45) is 2.93. The van der Waals surface area contributed by atoms with E-state index in [2.05, 4.69) is 27.8 Å². The molecule has 0 spiro atoms. The number of carbonyl (C=O) groups excluding carboxylic acids is 1. The summed E-state index contributed by atoms with van der Waals surface area (Å²) < 4.78 is 13.6. The van der Waals surface area contributed by atoms with Crippen LogP contribution in [0.15, 0.2) is 53.5 Å². The third kappa shape index (κ3) is 5.11. The summed E-state index contributed by atoms with van der Waals surface area (Å²) in [5.74, 6) is 0.456. The molecule has 30 heavy (non-hydrogen) atoms. The first-order valence-corrected chi connectivity index (χ1v) is 10.1. The van der Waals surface area contributed by atoms with Gasteiger partial charge in [-0.05, 0) is 48.1 Å². The van der Waals surface area contributed by atoms with Crippen molar-refractivity contribution < 1.29 is 9.18 Å². The van der Waals surface area contributed by atoms with E-state index in [1.54, 1.807) is 19.2 Å². The summed E-state index contributed by atoms with van der Waals surface area (Å²) in [4.78, 5) is 18.8. The van der Waals surface area contributed by atoms with E-state index in [0.29, 0.717) is 19.0 Å². The lowest BCUT2D eigenvalue weighted by Crippen LogP contribution is -2.47. The van der Waals surface area contributed by atoms with Crippen LogP contribution in [-0.4, -0.2) is 43.4 Å². The van der Waals surface area contributed by atoms with Crippen LogP contribution < -0.4 is 10.6 Å². The fourth-order valence-electron chi connectivity index (χ4n) is 3.99. The molecule has 4 rings (SSSR count). The van der Waals surface area contributed by atoms with Crippen LogP contribution in [0.25, 0.3) is 0 Å². The average molecular weight is 522 g/mol. The predicted octanol–water partition coefficient (Wildman–Crippen LogP) is 3.23. The lowest BCUT2D eigenvalue weighted by atomic mass is 9.96. The molecule has 2 aromatic carbocycles. The molecule has 2 aliphatic rings. The van der Waals surface area contributed by atoms with E-state index >= 15 is 0 Å². The van der Waals surface area contributed by atoms with Gasteiger partial charge in [0.25, 0.3) is 0 Å². The van der Waals surface area contributed by atoms with Crippen LogP contribution in [0.1, 0.15) is 29.5 Å². The number of benzene rings is 2. The van der Waals surface area contributed by atoms with Crippen molar-refractivity contribution in [2.45, 2.75) is 31.2 Å². The average Bonchev–Trinajstić information content (AvgIpc) is 3.54. The maximum Gasteiger partial charge on any atom is 0.242 e. The van der Waals surface area contributed by atoms with E-state index in [1.165, 1.54) is 17.2 Å². The number of carbonyl (C=O) groups is 1. The van der Waals surface area contributed by atoms with Gasteiger partial charge in [0.2, 0.25) is 5.91 Å². The Bertz CT molecular complexity index is 929. The van der Waals surface area contributed by atoms with Crippen molar-refractivity contribution in [3.63, 3.8) is 0 Å². The molecule has 1 fully saturated rings. The van der Waals surface area contributed by atoms with Crippen LogP contribution in [0.5, 0.6) is 0 Å². The Morgan fingerprint density at radius 2 is 1.90 bits per heavy atom. The number of fused-ring (bicyclic) bond motifs is 1. The molecular formula is C23H28FIN4O. The number of nitrogens with zero attached hydrogens (tertiary/aromatic N) is 2. The third-order valence-electron chi connectivity index (χ3n) is 6.00. The number of hydrogen-bond donors (Lipinski definition) is 2. The summed E-state index contributed by atoms with van der Waals surface area (Å²) in [5, 5.41) is 6.44. The number of guanidine groups is 1.